The molecule has 148 valence electrons. The average molecular weight is 371 g/mol. The second-order valence-corrected chi connectivity index (χ2v) is 9.86. The molecule has 0 bridgehead atoms. The van der Waals surface area contributed by atoms with Crippen LogP contribution in [0.4, 0.5) is 0 Å². The molecule has 0 amide bonds. The first-order valence-corrected chi connectivity index (χ1v) is 10.6. The molecule has 4 rings (SSSR count). The van der Waals surface area contributed by atoms with E-state index < -0.39 is 0 Å². The first-order chi connectivity index (χ1) is 12.8. The maximum Gasteiger partial charge on any atom is 0.156 e. The van der Waals surface area contributed by atoms with Crippen LogP contribution in [-0.4, -0.2) is 24.6 Å². The Kier molecular flexibility index (Phi) is 4.46. The second-order valence-electron chi connectivity index (χ2n) is 9.86. The summed E-state index contributed by atoms with van der Waals surface area (Å²) in [5.41, 5.74) is 5.11. The van der Waals surface area contributed by atoms with E-state index >= 15 is 0 Å². The van der Waals surface area contributed by atoms with Crippen molar-refractivity contribution in [2.45, 2.75) is 66.2 Å². The largest absolute Gasteiger partial charge is 0.501 e. The molecule has 0 spiro atoms. The maximum absolute atomic E-state index is 12.4. The van der Waals surface area contributed by atoms with Gasteiger partial charge in [-0.15, -0.1) is 0 Å². The van der Waals surface area contributed by atoms with Crippen LogP contribution in [0.5, 0.6) is 0 Å². The molecule has 1 fully saturated rings. The van der Waals surface area contributed by atoms with Crippen LogP contribution in [0.15, 0.2) is 34.1 Å². The van der Waals surface area contributed by atoms with Crippen LogP contribution < -0.4 is 0 Å². The Morgan fingerprint density at radius 3 is 2.59 bits per heavy atom. The Bertz CT molecular complexity index is 770. The van der Waals surface area contributed by atoms with Gasteiger partial charge in [-0.25, -0.2) is 0 Å². The van der Waals surface area contributed by atoms with Crippen molar-refractivity contribution in [3.05, 3.63) is 34.1 Å². The molecule has 0 heterocycles. The van der Waals surface area contributed by atoms with Crippen LogP contribution in [0.2, 0.25) is 0 Å². The van der Waals surface area contributed by atoms with Crippen LogP contribution in [0.1, 0.15) is 66.2 Å². The van der Waals surface area contributed by atoms with E-state index in [-0.39, 0.29) is 23.2 Å². The average Bonchev–Trinajstić information content (AvgIpc) is 2.90. The van der Waals surface area contributed by atoms with Crippen molar-refractivity contribution in [1.82, 2.24) is 0 Å². The highest BCUT2D eigenvalue weighted by Crippen LogP contribution is 2.66. The minimum atomic E-state index is 0.0215. The van der Waals surface area contributed by atoms with E-state index in [0.717, 1.165) is 43.4 Å². The zero-order chi connectivity index (χ0) is 19.6. The van der Waals surface area contributed by atoms with E-state index in [1.165, 1.54) is 23.1 Å². The minimum absolute atomic E-state index is 0.0215. The van der Waals surface area contributed by atoms with Gasteiger partial charge in [0.25, 0.3) is 0 Å². The van der Waals surface area contributed by atoms with Crippen LogP contribution >= 0.6 is 0 Å². The number of aliphatic hydroxyl groups is 1. The standard InChI is InChI=1S/C24H34O3/c1-14-10-21-18-11-16(13-25)20-12-17(27-5)6-8-23(20,3)19(18)7-9-24(21,4)22(14)15(2)26/h12,18-19,21,25H,6-11,13H2,1-5H3/t18-,19+,21+,23-,24+/m1/s1. The Morgan fingerprint density at radius 1 is 1.22 bits per heavy atom. The lowest BCUT2D eigenvalue weighted by Crippen LogP contribution is -2.50. The summed E-state index contributed by atoms with van der Waals surface area (Å²) in [7, 11) is 1.75. The van der Waals surface area contributed by atoms with Crippen molar-refractivity contribution in [2.75, 3.05) is 13.7 Å². The summed E-state index contributed by atoms with van der Waals surface area (Å²) in [5, 5.41) is 10.2. The third-order valence-corrected chi connectivity index (χ3v) is 8.65. The summed E-state index contributed by atoms with van der Waals surface area (Å²) in [6.45, 7) is 8.81. The quantitative estimate of drug-likeness (QED) is 0.763. The summed E-state index contributed by atoms with van der Waals surface area (Å²) in [5.74, 6) is 3.04. The lowest BCUT2D eigenvalue weighted by atomic mass is 9.47. The highest BCUT2D eigenvalue weighted by atomic mass is 16.5. The zero-order valence-corrected chi connectivity index (χ0v) is 17.5. The molecule has 0 saturated heterocycles. The number of Topliss-reactive ketones (excluding diaryl/α,β-unsaturated/α-hetero) is 1. The fraction of sp³-hybridized carbons (Fsp3) is 0.708. The number of aliphatic hydroxyl groups excluding tert-OH is 1. The summed E-state index contributed by atoms with van der Waals surface area (Å²) < 4.78 is 5.56. The molecule has 0 aromatic carbocycles. The Balaban J connectivity index is 1.77. The molecule has 0 aromatic heterocycles. The molecule has 0 aliphatic heterocycles. The number of methoxy groups -OCH3 is 1. The van der Waals surface area contributed by atoms with Crippen molar-refractivity contribution in [3.8, 4) is 0 Å². The molecule has 5 atom stereocenters. The molecule has 1 N–H and O–H groups in total. The molecule has 3 nitrogen and oxygen atoms in total. The summed E-state index contributed by atoms with van der Waals surface area (Å²) in [6.07, 6.45) is 8.62. The third-order valence-electron chi connectivity index (χ3n) is 8.65. The van der Waals surface area contributed by atoms with Crippen molar-refractivity contribution < 1.29 is 14.6 Å². The molecule has 4 aliphatic carbocycles. The SMILES string of the molecule is COC1=CC2=C(CO)C[C@@H]3[C@H](CC[C@]4(C)C(C(C)=O)=C(C)C[C@@H]34)[C@@]2(C)CC1. The Morgan fingerprint density at radius 2 is 1.96 bits per heavy atom. The number of carbonyl (C=O) groups is 1. The number of ketones is 1. The van der Waals surface area contributed by atoms with Crippen LogP contribution in [0.3, 0.4) is 0 Å². The molecule has 3 heteroatoms. The summed E-state index contributed by atoms with van der Waals surface area (Å²) in [6, 6.07) is 0. The van der Waals surface area contributed by atoms with Crippen molar-refractivity contribution in [3.63, 3.8) is 0 Å². The van der Waals surface area contributed by atoms with Gasteiger partial charge in [-0.05, 0) is 97.3 Å². The van der Waals surface area contributed by atoms with Gasteiger partial charge in [-0.2, -0.15) is 0 Å². The molecule has 0 radical (unpaired) electrons. The number of ether oxygens (including phenoxy) is 1. The Hall–Kier alpha value is -1.35. The fourth-order valence-electron chi connectivity index (χ4n) is 7.50. The first-order valence-electron chi connectivity index (χ1n) is 10.6. The second kappa shape index (κ2) is 6.34. The van der Waals surface area contributed by atoms with E-state index in [9.17, 15) is 9.90 Å². The fourth-order valence-corrected chi connectivity index (χ4v) is 7.50. The topological polar surface area (TPSA) is 46.5 Å². The van der Waals surface area contributed by atoms with Crippen LogP contribution in [0, 0.1) is 28.6 Å². The lowest BCUT2D eigenvalue weighted by Gasteiger charge is -2.57. The summed E-state index contributed by atoms with van der Waals surface area (Å²) >= 11 is 0. The number of hydrogen-bond acceptors (Lipinski definition) is 3. The van der Waals surface area contributed by atoms with E-state index in [0.29, 0.717) is 17.8 Å². The van der Waals surface area contributed by atoms with Gasteiger partial charge in [0.15, 0.2) is 5.78 Å². The van der Waals surface area contributed by atoms with Gasteiger partial charge in [0.05, 0.1) is 19.5 Å². The molecule has 4 aliphatic rings. The molecule has 27 heavy (non-hydrogen) atoms. The number of carbonyl (C=O) groups excluding carboxylic acids is 1. The van der Waals surface area contributed by atoms with Crippen molar-refractivity contribution in [2.24, 2.45) is 28.6 Å². The number of rotatable bonds is 3. The van der Waals surface area contributed by atoms with Gasteiger partial charge in [-0.3, -0.25) is 4.79 Å². The predicted molar refractivity (Wildman–Crippen MR) is 107 cm³/mol. The predicted octanol–water partition coefficient (Wildman–Crippen LogP) is 4.97. The monoisotopic (exact) mass is 370 g/mol. The van der Waals surface area contributed by atoms with E-state index in [2.05, 4.69) is 26.8 Å². The molecular formula is C24H34O3. The number of hydrogen-bond donors (Lipinski definition) is 1. The highest BCUT2D eigenvalue weighted by molar-refractivity contribution is 5.96. The summed E-state index contributed by atoms with van der Waals surface area (Å²) in [4.78, 5) is 12.4. The van der Waals surface area contributed by atoms with Crippen molar-refractivity contribution in [1.29, 1.82) is 0 Å². The minimum Gasteiger partial charge on any atom is -0.501 e. The van der Waals surface area contributed by atoms with Gasteiger partial charge in [0.1, 0.15) is 0 Å². The van der Waals surface area contributed by atoms with Gasteiger partial charge in [0, 0.05) is 6.42 Å². The smallest absolute Gasteiger partial charge is 0.156 e. The zero-order valence-electron chi connectivity index (χ0n) is 17.5. The Labute approximate surface area is 163 Å². The molecule has 0 unspecified atom stereocenters. The first kappa shape index (κ1) is 19.0. The van der Waals surface area contributed by atoms with Crippen LogP contribution in [-0.2, 0) is 9.53 Å². The highest BCUT2D eigenvalue weighted by Gasteiger charge is 2.58. The molecular weight excluding hydrogens is 336 g/mol. The molecule has 0 aromatic rings. The van der Waals surface area contributed by atoms with Gasteiger partial charge >= 0.3 is 0 Å². The number of fused-ring (bicyclic) bond motifs is 5. The van der Waals surface area contributed by atoms with Gasteiger partial charge < -0.3 is 9.84 Å². The van der Waals surface area contributed by atoms with Gasteiger partial charge in [-0.1, -0.05) is 19.4 Å². The molecule has 1 saturated carbocycles. The lowest BCUT2D eigenvalue weighted by molar-refractivity contribution is -0.115. The third kappa shape index (κ3) is 2.53. The van der Waals surface area contributed by atoms with E-state index in [4.69, 9.17) is 4.74 Å². The van der Waals surface area contributed by atoms with Crippen molar-refractivity contribution >= 4 is 5.78 Å². The maximum atomic E-state index is 12.4. The number of allylic oxidation sites excluding steroid dienone is 5. The van der Waals surface area contributed by atoms with Gasteiger partial charge in [0.2, 0.25) is 0 Å². The van der Waals surface area contributed by atoms with Crippen LogP contribution in [0.25, 0.3) is 0 Å². The normalized spacial score (nSPS) is 41.0. The van der Waals surface area contributed by atoms with E-state index in [1.807, 2.05) is 0 Å². The van der Waals surface area contributed by atoms with E-state index in [1.54, 1.807) is 14.0 Å².